The van der Waals surface area contributed by atoms with E-state index in [-0.39, 0.29) is 4.90 Å². The molecule has 3 nitrogen and oxygen atoms in total. The van der Waals surface area contributed by atoms with Gasteiger partial charge in [0.25, 0.3) is 0 Å². The van der Waals surface area contributed by atoms with E-state index >= 15 is 0 Å². The van der Waals surface area contributed by atoms with Crippen LogP contribution in [0.25, 0.3) is 0 Å². The lowest BCUT2D eigenvalue weighted by Crippen LogP contribution is -2.23. The molecule has 0 fully saturated rings. The molecular weight excluding hydrogens is 338 g/mol. The summed E-state index contributed by atoms with van der Waals surface area (Å²) < 4.78 is 26.9. The van der Waals surface area contributed by atoms with Gasteiger partial charge in [-0.1, -0.05) is 57.9 Å². The van der Waals surface area contributed by atoms with Crippen molar-refractivity contribution in [2.75, 3.05) is 0 Å². The third-order valence-corrected chi connectivity index (χ3v) is 5.04. The highest BCUT2D eigenvalue weighted by molar-refractivity contribution is 9.08. The summed E-state index contributed by atoms with van der Waals surface area (Å²) in [5.41, 5.74) is 3.14. The standard InChI is InChI=1S/C15H16BrNO2S/c1-12-2-4-14(5-3-12)11-17-20(18,19)15-8-6-13(10-16)7-9-15/h2-9,17H,10-11H2,1H3. The summed E-state index contributed by atoms with van der Waals surface area (Å²) in [6.45, 7) is 2.29. The lowest BCUT2D eigenvalue weighted by atomic mass is 10.2. The molecule has 0 amide bonds. The fourth-order valence-corrected chi connectivity index (χ4v) is 3.12. The molecule has 2 aromatic carbocycles. The van der Waals surface area contributed by atoms with Gasteiger partial charge in [0.05, 0.1) is 4.90 Å². The summed E-state index contributed by atoms with van der Waals surface area (Å²) in [6, 6.07) is 14.6. The van der Waals surface area contributed by atoms with Crippen LogP contribution in [-0.4, -0.2) is 8.42 Å². The molecule has 0 unspecified atom stereocenters. The molecule has 2 aromatic rings. The number of hydrogen-bond donors (Lipinski definition) is 1. The molecule has 0 saturated heterocycles. The first-order valence-electron chi connectivity index (χ1n) is 6.21. The Kier molecular flexibility index (Phi) is 4.96. The van der Waals surface area contributed by atoms with Crippen molar-refractivity contribution in [2.45, 2.75) is 23.7 Å². The first kappa shape index (κ1) is 15.2. The van der Waals surface area contributed by atoms with Gasteiger partial charge in [-0.3, -0.25) is 0 Å². The molecule has 5 heteroatoms. The Morgan fingerprint density at radius 3 is 2.05 bits per heavy atom. The van der Waals surface area contributed by atoms with Gasteiger partial charge < -0.3 is 0 Å². The minimum atomic E-state index is -3.46. The second kappa shape index (κ2) is 6.52. The zero-order valence-electron chi connectivity index (χ0n) is 11.1. The molecule has 1 N–H and O–H groups in total. The van der Waals surface area contributed by atoms with E-state index in [4.69, 9.17) is 0 Å². The quantitative estimate of drug-likeness (QED) is 0.837. The molecule has 20 heavy (non-hydrogen) atoms. The van der Waals surface area contributed by atoms with Gasteiger partial charge in [-0.05, 0) is 30.2 Å². The fraction of sp³-hybridized carbons (Fsp3) is 0.200. The van der Waals surface area contributed by atoms with E-state index in [0.717, 1.165) is 16.7 Å². The van der Waals surface area contributed by atoms with Crippen molar-refractivity contribution in [2.24, 2.45) is 0 Å². The molecule has 0 radical (unpaired) electrons. The molecule has 0 heterocycles. The Labute approximate surface area is 128 Å². The second-order valence-corrected chi connectivity index (χ2v) is 6.92. The third kappa shape index (κ3) is 3.91. The predicted molar refractivity (Wildman–Crippen MR) is 84.3 cm³/mol. The van der Waals surface area contributed by atoms with Crippen molar-refractivity contribution in [1.29, 1.82) is 0 Å². The van der Waals surface area contributed by atoms with E-state index in [1.165, 1.54) is 0 Å². The molecular formula is C15H16BrNO2S. The number of aryl methyl sites for hydroxylation is 1. The van der Waals surface area contributed by atoms with Gasteiger partial charge >= 0.3 is 0 Å². The maximum absolute atomic E-state index is 12.1. The largest absolute Gasteiger partial charge is 0.240 e. The molecule has 0 atom stereocenters. The highest BCUT2D eigenvalue weighted by Crippen LogP contribution is 2.13. The molecule has 106 valence electrons. The van der Waals surface area contributed by atoms with Gasteiger partial charge in [-0.15, -0.1) is 0 Å². The number of halogens is 1. The highest BCUT2D eigenvalue weighted by atomic mass is 79.9. The van der Waals surface area contributed by atoms with Gasteiger partial charge in [0.2, 0.25) is 10.0 Å². The van der Waals surface area contributed by atoms with Crippen molar-refractivity contribution in [1.82, 2.24) is 4.72 Å². The summed E-state index contributed by atoms with van der Waals surface area (Å²) in [5.74, 6) is 0. The third-order valence-electron chi connectivity index (χ3n) is 2.97. The Morgan fingerprint density at radius 1 is 0.950 bits per heavy atom. The minimum absolute atomic E-state index is 0.286. The number of rotatable bonds is 5. The van der Waals surface area contributed by atoms with Crippen molar-refractivity contribution in [3.63, 3.8) is 0 Å². The van der Waals surface area contributed by atoms with Crippen molar-refractivity contribution >= 4 is 26.0 Å². The molecule has 0 aliphatic rings. The van der Waals surface area contributed by atoms with Gasteiger partial charge in [0, 0.05) is 11.9 Å². The molecule has 0 saturated carbocycles. The molecule has 2 rings (SSSR count). The molecule has 0 bridgehead atoms. The van der Waals surface area contributed by atoms with Crippen molar-refractivity contribution in [3.8, 4) is 0 Å². The number of hydrogen-bond acceptors (Lipinski definition) is 2. The van der Waals surface area contributed by atoms with E-state index in [1.807, 2.05) is 31.2 Å². The van der Waals surface area contributed by atoms with Crippen LogP contribution in [0.3, 0.4) is 0 Å². The van der Waals surface area contributed by atoms with Crippen LogP contribution >= 0.6 is 15.9 Å². The first-order valence-corrected chi connectivity index (χ1v) is 8.82. The smallest absolute Gasteiger partial charge is 0.207 e. The van der Waals surface area contributed by atoms with Crippen LogP contribution in [0.4, 0.5) is 0 Å². The summed E-state index contributed by atoms with van der Waals surface area (Å²) in [5, 5.41) is 0.712. The van der Waals surface area contributed by atoms with Crippen molar-refractivity contribution in [3.05, 3.63) is 65.2 Å². The zero-order chi connectivity index (χ0) is 14.6. The van der Waals surface area contributed by atoms with Gasteiger partial charge in [0.1, 0.15) is 0 Å². The van der Waals surface area contributed by atoms with E-state index in [1.54, 1.807) is 24.3 Å². The Hall–Kier alpha value is -1.17. The van der Waals surface area contributed by atoms with Crippen LogP contribution in [0.2, 0.25) is 0 Å². The highest BCUT2D eigenvalue weighted by Gasteiger charge is 2.13. The number of nitrogens with one attached hydrogen (secondary N) is 1. The molecule has 0 aliphatic carbocycles. The first-order chi connectivity index (χ1) is 9.51. The van der Waals surface area contributed by atoms with Crippen LogP contribution < -0.4 is 4.72 Å². The molecule has 0 aliphatic heterocycles. The number of alkyl halides is 1. The Balaban J connectivity index is 2.08. The average molecular weight is 354 g/mol. The SMILES string of the molecule is Cc1ccc(CNS(=O)(=O)c2ccc(CBr)cc2)cc1. The number of sulfonamides is 1. The van der Waals surface area contributed by atoms with Gasteiger partial charge in [-0.2, -0.15) is 0 Å². The van der Waals surface area contributed by atoms with E-state index < -0.39 is 10.0 Å². The van der Waals surface area contributed by atoms with Gasteiger partial charge in [0.15, 0.2) is 0 Å². The monoisotopic (exact) mass is 353 g/mol. The van der Waals surface area contributed by atoms with Gasteiger partial charge in [-0.25, -0.2) is 13.1 Å². The average Bonchev–Trinajstić information content (AvgIpc) is 2.47. The lowest BCUT2D eigenvalue weighted by Gasteiger charge is -2.07. The summed E-state index contributed by atoms with van der Waals surface area (Å²) in [7, 11) is -3.46. The fourth-order valence-electron chi connectivity index (χ4n) is 1.73. The normalized spacial score (nSPS) is 11.5. The predicted octanol–water partition coefficient (Wildman–Crippen LogP) is 3.37. The van der Waals surface area contributed by atoms with Crippen LogP contribution in [0.15, 0.2) is 53.4 Å². The topological polar surface area (TPSA) is 46.2 Å². The maximum Gasteiger partial charge on any atom is 0.240 e. The van der Waals surface area contributed by atoms with Crippen LogP contribution in [0, 0.1) is 6.92 Å². The van der Waals surface area contributed by atoms with E-state index in [0.29, 0.717) is 11.9 Å². The van der Waals surface area contributed by atoms with E-state index in [9.17, 15) is 8.42 Å². The summed E-state index contributed by atoms with van der Waals surface area (Å²) in [6.07, 6.45) is 0. The van der Waals surface area contributed by atoms with Crippen molar-refractivity contribution < 1.29 is 8.42 Å². The minimum Gasteiger partial charge on any atom is -0.207 e. The Bertz CT molecular complexity index is 664. The maximum atomic E-state index is 12.1. The number of benzene rings is 2. The van der Waals surface area contributed by atoms with Crippen LogP contribution in [0.1, 0.15) is 16.7 Å². The van der Waals surface area contributed by atoms with Crippen LogP contribution in [-0.2, 0) is 21.9 Å². The summed E-state index contributed by atoms with van der Waals surface area (Å²) in [4.78, 5) is 0.286. The zero-order valence-corrected chi connectivity index (χ0v) is 13.5. The second-order valence-electron chi connectivity index (χ2n) is 4.59. The summed E-state index contributed by atoms with van der Waals surface area (Å²) >= 11 is 3.33. The molecule has 0 aromatic heterocycles. The van der Waals surface area contributed by atoms with Crippen LogP contribution in [0.5, 0.6) is 0 Å². The Morgan fingerprint density at radius 2 is 1.50 bits per heavy atom. The van der Waals surface area contributed by atoms with E-state index in [2.05, 4.69) is 20.7 Å². The molecule has 0 spiro atoms. The lowest BCUT2D eigenvalue weighted by molar-refractivity contribution is 0.581.